The zero-order chi connectivity index (χ0) is 27.2. The Morgan fingerprint density at radius 3 is 2.49 bits per heavy atom. The first-order valence-electron chi connectivity index (χ1n) is 13.3. The number of benzene rings is 2. The average molecular weight is 528 g/mol. The first-order valence-corrected chi connectivity index (χ1v) is 13.3. The van der Waals surface area contributed by atoms with Gasteiger partial charge in [0.25, 0.3) is 11.7 Å². The topological polar surface area (TPSA) is 92.2 Å². The number of aryl methyl sites for hydroxylation is 1. The number of pyridine rings is 1. The Hall–Kier alpha value is -4.01. The van der Waals surface area contributed by atoms with Crippen LogP contribution in [-0.4, -0.2) is 71.0 Å². The molecular weight excluding hydrogens is 494 g/mol. The Kier molecular flexibility index (Phi) is 8.34. The maximum absolute atomic E-state index is 13.3. The van der Waals surface area contributed by atoms with Crippen molar-refractivity contribution in [3.05, 3.63) is 101 Å². The SMILES string of the molecule is Cc1cc(OCc2ccccc2)ccc1C(O)=C1C(=O)C(=O)N(CCCN2CCOCC2)C1c1ccncc1. The number of aliphatic hydroxyl groups excluding tert-OH is 1. The van der Waals surface area contributed by atoms with Crippen LogP contribution in [0.3, 0.4) is 0 Å². The fourth-order valence-corrected chi connectivity index (χ4v) is 5.17. The molecule has 0 saturated carbocycles. The number of likely N-dealkylation sites (tertiary alicyclic amines) is 1. The zero-order valence-corrected chi connectivity index (χ0v) is 22.1. The van der Waals surface area contributed by atoms with E-state index < -0.39 is 17.7 Å². The van der Waals surface area contributed by atoms with Crippen LogP contribution in [0.1, 0.15) is 34.7 Å². The van der Waals surface area contributed by atoms with Gasteiger partial charge in [0.05, 0.1) is 24.8 Å². The van der Waals surface area contributed by atoms with Crippen molar-refractivity contribution >= 4 is 17.4 Å². The van der Waals surface area contributed by atoms with Crippen LogP contribution in [0.25, 0.3) is 5.76 Å². The molecular formula is C31H33N3O5. The summed E-state index contributed by atoms with van der Waals surface area (Å²) in [6, 6.07) is 18.1. The molecule has 1 amide bonds. The van der Waals surface area contributed by atoms with Gasteiger partial charge in [0, 0.05) is 44.1 Å². The van der Waals surface area contributed by atoms with E-state index in [4.69, 9.17) is 9.47 Å². The van der Waals surface area contributed by atoms with Gasteiger partial charge in [-0.15, -0.1) is 0 Å². The van der Waals surface area contributed by atoms with Crippen molar-refractivity contribution in [3.63, 3.8) is 0 Å². The van der Waals surface area contributed by atoms with Crippen molar-refractivity contribution in [2.24, 2.45) is 0 Å². The maximum atomic E-state index is 13.3. The second kappa shape index (κ2) is 12.2. The molecule has 1 atom stereocenters. The molecule has 8 heteroatoms. The first kappa shape index (κ1) is 26.6. The van der Waals surface area contributed by atoms with Gasteiger partial charge in [-0.05, 0) is 60.4 Å². The minimum absolute atomic E-state index is 0.0960. The van der Waals surface area contributed by atoms with Crippen LogP contribution in [0.4, 0.5) is 0 Å². The van der Waals surface area contributed by atoms with Crippen molar-refractivity contribution in [2.45, 2.75) is 26.0 Å². The standard InChI is InChI=1S/C31H33N3O5/c1-22-20-25(39-21-23-6-3-2-4-7-23)8-9-26(22)29(35)27-28(24-10-12-32-13-11-24)34(31(37)30(27)36)15-5-14-33-16-18-38-19-17-33/h2-4,6-13,20,28,35H,5,14-19,21H2,1H3. The smallest absolute Gasteiger partial charge is 0.295 e. The molecule has 5 rings (SSSR count). The van der Waals surface area contributed by atoms with Crippen molar-refractivity contribution < 1.29 is 24.2 Å². The van der Waals surface area contributed by atoms with Gasteiger partial charge in [0.1, 0.15) is 18.1 Å². The summed E-state index contributed by atoms with van der Waals surface area (Å²) in [7, 11) is 0. The Morgan fingerprint density at radius 1 is 1.03 bits per heavy atom. The van der Waals surface area contributed by atoms with E-state index >= 15 is 0 Å². The Morgan fingerprint density at radius 2 is 1.77 bits per heavy atom. The Balaban J connectivity index is 1.40. The van der Waals surface area contributed by atoms with Gasteiger partial charge in [-0.2, -0.15) is 0 Å². The van der Waals surface area contributed by atoms with E-state index in [1.165, 1.54) is 0 Å². The molecule has 2 saturated heterocycles. The van der Waals surface area contributed by atoms with E-state index in [2.05, 4.69) is 9.88 Å². The number of Topliss-reactive ketones (excluding diaryl/α,β-unsaturated/α-hetero) is 1. The predicted octanol–water partition coefficient (Wildman–Crippen LogP) is 4.11. The van der Waals surface area contributed by atoms with Crippen LogP contribution in [0, 0.1) is 6.92 Å². The number of hydrogen-bond donors (Lipinski definition) is 1. The number of carbonyl (C=O) groups excluding carboxylic acids is 2. The summed E-state index contributed by atoms with van der Waals surface area (Å²) in [6.45, 7) is 6.60. The van der Waals surface area contributed by atoms with Crippen LogP contribution >= 0.6 is 0 Å². The van der Waals surface area contributed by atoms with E-state index in [9.17, 15) is 14.7 Å². The molecule has 39 heavy (non-hydrogen) atoms. The molecule has 2 fully saturated rings. The number of amides is 1. The summed E-state index contributed by atoms with van der Waals surface area (Å²) < 4.78 is 11.3. The maximum Gasteiger partial charge on any atom is 0.295 e. The molecule has 1 aromatic heterocycles. The zero-order valence-electron chi connectivity index (χ0n) is 22.1. The second-order valence-electron chi connectivity index (χ2n) is 9.83. The summed E-state index contributed by atoms with van der Waals surface area (Å²) >= 11 is 0. The van der Waals surface area contributed by atoms with Crippen LogP contribution in [-0.2, 0) is 20.9 Å². The number of aliphatic hydroxyl groups is 1. The van der Waals surface area contributed by atoms with Crippen molar-refractivity contribution in [3.8, 4) is 5.75 Å². The number of morpholine rings is 1. The number of ether oxygens (including phenoxy) is 2. The Labute approximate surface area is 228 Å². The van der Waals surface area contributed by atoms with Gasteiger partial charge in [-0.3, -0.25) is 19.5 Å². The van der Waals surface area contributed by atoms with Gasteiger partial charge >= 0.3 is 0 Å². The summed E-state index contributed by atoms with van der Waals surface area (Å²) in [5.41, 5.74) is 3.11. The highest BCUT2D eigenvalue weighted by Gasteiger charge is 2.46. The van der Waals surface area contributed by atoms with Gasteiger partial charge < -0.3 is 19.5 Å². The first-order chi connectivity index (χ1) is 19.0. The van der Waals surface area contributed by atoms with Crippen LogP contribution in [0.15, 0.2) is 78.6 Å². The highest BCUT2D eigenvalue weighted by atomic mass is 16.5. The lowest BCUT2D eigenvalue weighted by Crippen LogP contribution is -2.38. The Bertz CT molecular complexity index is 1340. The summed E-state index contributed by atoms with van der Waals surface area (Å²) in [6.07, 6.45) is 3.97. The van der Waals surface area contributed by atoms with E-state index in [0.717, 1.165) is 36.3 Å². The largest absolute Gasteiger partial charge is 0.507 e. The third-order valence-electron chi connectivity index (χ3n) is 7.24. The molecule has 1 N–H and O–H groups in total. The number of carbonyl (C=O) groups is 2. The predicted molar refractivity (Wildman–Crippen MR) is 147 cm³/mol. The van der Waals surface area contributed by atoms with E-state index in [-0.39, 0.29) is 11.3 Å². The molecule has 3 heterocycles. The molecule has 202 valence electrons. The molecule has 2 aliphatic rings. The van der Waals surface area contributed by atoms with Crippen LogP contribution in [0.5, 0.6) is 5.75 Å². The van der Waals surface area contributed by atoms with Crippen molar-refractivity contribution in [2.75, 3.05) is 39.4 Å². The summed E-state index contributed by atoms with van der Waals surface area (Å²) in [4.78, 5) is 34.6. The number of aromatic nitrogens is 1. The molecule has 2 aromatic carbocycles. The number of nitrogens with zero attached hydrogens (tertiary/aromatic N) is 3. The molecule has 0 radical (unpaired) electrons. The highest BCUT2D eigenvalue weighted by Crippen LogP contribution is 2.40. The van der Waals surface area contributed by atoms with Crippen LogP contribution in [0.2, 0.25) is 0 Å². The minimum Gasteiger partial charge on any atom is -0.507 e. The van der Waals surface area contributed by atoms with Gasteiger partial charge in [0.15, 0.2) is 0 Å². The van der Waals surface area contributed by atoms with Gasteiger partial charge in [-0.1, -0.05) is 30.3 Å². The average Bonchev–Trinajstić information content (AvgIpc) is 3.22. The molecule has 2 aliphatic heterocycles. The fraction of sp³-hybridized carbons (Fsp3) is 0.323. The lowest BCUT2D eigenvalue weighted by Gasteiger charge is -2.29. The third-order valence-corrected chi connectivity index (χ3v) is 7.24. The molecule has 8 nitrogen and oxygen atoms in total. The highest BCUT2D eigenvalue weighted by molar-refractivity contribution is 6.46. The fourth-order valence-electron chi connectivity index (χ4n) is 5.17. The number of rotatable bonds is 9. The summed E-state index contributed by atoms with van der Waals surface area (Å²) in [5, 5.41) is 11.5. The molecule has 0 spiro atoms. The van der Waals surface area contributed by atoms with Crippen LogP contribution < -0.4 is 4.74 Å². The van der Waals surface area contributed by atoms with Crippen molar-refractivity contribution in [1.29, 1.82) is 0 Å². The summed E-state index contributed by atoms with van der Waals surface area (Å²) in [5.74, 6) is -0.801. The minimum atomic E-state index is -0.689. The van der Waals surface area contributed by atoms with E-state index in [0.29, 0.717) is 44.1 Å². The number of hydrogen-bond acceptors (Lipinski definition) is 7. The van der Waals surface area contributed by atoms with E-state index in [1.54, 1.807) is 41.6 Å². The normalized spacial score (nSPS) is 19.4. The molecule has 0 bridgehead atoms. The lowest BCUT2D eigenvalue weighted by molar-refractivity contribution is -0.140. The monoisotopic (exact) mass is 527 g/mol. The van der Waals surface area contributed by atoms with Gasteiger partial charge in [0.2, 0.25) is 0 Å². The molecule has 1 unspecified atom stereocenters. The lowest BCUT2D eigenvalue weighted by atomic mass is 9.94. The van der Waals surface area contributed by atoms with Gasteiger partial charge in [-0.25, -0.2) is 0 Å². The second-order valence-corrected chi connectivity index (χ2v) is 9.83. The quantitative estimate of drug-likeness (QED) is 0.254. The van der Waals surface area contributed by atoms with Crippen molar-refractivity contribution in [1.82, 2.24) is 14.8 Å². The molecule has 3 aromatic rings. The van der Waals surface area contributed by atoms with E-state index in [1.807, 2.05) is 43.3 Å². The third kappa shape index (κ3) is 6.02. The molecule has 0 aliphatic carbocycles. The number of ketones is 1.